The lowest BCUT2D eigenvalue weighted by Crippen LogP contribution is -2.20. The van der Waals surface area contributed by atoms with Gasteiger partial charge in [-0.05, 0) is 48.2 Å². The van der Waals surface area contributed by atoms with Crippen LogP contribution in [-0.2, 0) is 0 Å². The molecule has 0 aliphatic heterocycles. The van der Waals surface area contributed by atoms with Crippen LogP contribution in [0.2, 0.25) is 0 Å². The molecule has 0 spiro atoms. The van der Waals surface area contributed by atoms with E-state index in [0.29, 0.717) is 0 Å². The highest BCUT2D eigenvalue weighted by atomic mass is 31.1. The summed E-state index contributed by atoms with van der Waals surface area (Å²) in [7, 11) is -0.490. The van der Waals surface area contributed by atoms with E-state index >= 15 is 0 Å². The highest BCUT2D eigenvalue weighted by molar-refractivity contribution is 7.79. The van der Waals surface area contributed by atoms with Crippen molar-refractivity contribution in [3.8, 4) is 0 Å². The molecule has 4 rings (SSSR count). The Balaban J connectivity index is 1.61. The van der Waals surface area contributed by atoms with E-state index in [9.17, 15) is 0 Å². The van der Waals surface area contributed by atoms with Gasteiger partial charge in [-0.3, -0.25) is 0 Å². The minimum Gasteiger partial charge on any atom is -0.0622 e. The normalized spacial score (nSPS) is 16.3. The molecule has 0 unspecified atom stereocenters. The van der Waals surface area contributed by atoms with Crippen molar-refractivity contribution < 1.29 is 0 Å². The summed E-state index contributed by atoms with van der Waals surface area (Å²) in [6.07, 6.45) is 11.2. The van der Waals surface area contributed by atoms with Gasteiger partial charge >= 0.3 is 0 Å². The largest absolute Gasteiger partial charge is 0.0622 e. The number of hydrogen-bond acceptors (Lipinski definition) is 0. The predicted molar refractivity (Wildman–Crippen MR) is 125 cm³/mol. The van der Waals surface area contributed by atoms with E-state index in [2.05, 4.69) is 84.9 Å². The number of benzene rings is 3. The van der Waals surface area contributed by atoms with Gasteiger partial charge in [-0.25, -0.2) is 0 Å². The van der Waals surface area contributed by atoms with Gasteiger partial charge in [-0.2, -0.15) is 0 Å². The molecule has 0 bridgehead atoms. The highest BCUT2D eigenvalue weighted by Crippen LogP contribution is 2.34. The van der Waals surface area contributed by atoms with Gasteiger partial charge in [0.15, 0.2) is 0 Å². The van der Waals surface area contributed by atoms with E-state index in [4.69, 9.17) is 0 Å². The van der Waals surface area contributed by atoms with E-state index in [0.717, 1.165) is 5.92 Å². The summed E-state index contributed by atoms with van der Waals surface area (Å²) < 4.78 is 0. The molecular weight excluding hydrogens is 355 g/mol. The van der Waals surface area contributed by atoms with Crippen LogP contribution in [0.3, 0.4) is 0 Å². The van der Waals surface area contributed by atoms with Crippen LogP contribution in [0.5, 0.6) is 0 Å². The molecule has 0 heterocycles. The van der Waals surface area contributed by atoms with Crippen molar-refractivity contribution >= 4 is 23.8 Å². The van der Waals surface area contributed by atoms with Crippen molar-refractivity contribution in [1.29, 1.82) is 0 Å². The molecule has 28 heavy (non-hydrogen) atoms. The van der Waals surface area contributed by atoms with Crippen molar-refractivity contribution in [1.82, 2.24) is 0 Å². The van der Waals surface area contributed by atoms with Crippen LogP contribution in [0.1, 0.15) is 62.8 Å². The molecule has 0 atom stereocenters. The van der Waals surface area contributed by atoms with Crippen LogP contribution < -0.4 is 15.9 Å². The van der Waals surface area contributed by atoms with Gasteiger partial charge in [-0.1, -0.05) is 123 Å². The minimum atomic E-state index is -0.490. The Morgan fingerprint density at radius 2 is 0.893 bits per heavy atom. The van der Waals surface area contributed by atoms with Crippen LogP contribution in [0, 0.1) is 0 Å². The quantitative estimate of drug-likeness (QED) is 0.440. The van der Waals surface area contributed by atoms with E-state index in [-0.39, 0.29) is 0 Å². The van der Waals surface area contributed by atoms with E-state index < -0.39 is 7.92 Å². The maximum absolute atomic E-state index is 2.43. The average Bonchev–Trinajstić information content (AvgIpc) is 2.90. The molecule has 0 N–H and O–H groups in total. The third kappa shape index (κ3) is 4.92. The van der Waals surface area contributed by atoms with Crippen LogP contribution in [0.25, 0.3) is 0 Å². The van der Waals surface area contributed by atoms with E-state index in [1.807, 2.05) is 0 Å². The molecule has 1 heteroatoms. The molecule has 1 fully saturated rings. The molecule has 144 valence electrons. The van der Waals surface area contributed by atoms with Gasteiger partial charge in [-0.15, -0.1) is 0 Å². The first-order valence-corrected chi connectivity index (χ1v) is 12.3. The molecule has 0 aromatic heterocycles. The topological polar surface area (TPSA) is 0 Å². The molecule has 1 saturated carbocycles. The molecule has 0 saturated heterocycles. The van der Waals surface area contributed by atoms with Gasteiger partial charge in [0.05, 0.1) is 0 Å². The van der Waals surface area contributed by atoms with Crippen molar-refractivity contribution in [2.24, 2.45) is 0 Å². The van der Waals surface area contributed by atoms with E-state index in [1.165, 1.54) is 67.3 Å². The zero-order chi connectivity index (χ0) is 19.0. The Bertz CT molecular complexity index is 774. The minimum absolute atomic E-state index is 0.490. The Morgan fingerprint density at radius 1 is 0.464 bits per heavy atom. The average molecular weight is 387 g/mol. The summed E-state index contributed by atoms with van der Waals surface area (Å²) >= 11 is 0. The summed E-state index contributed by atoms with van der Waals surface area (Å²) in [4.78, 5) is 0. The molecule has 3 aromatic rings. The smallest absolute Gasteiger partial charge is 0.0134 e. The maximum atomic E-state index is 2.43. The summed E-state index contributed by atoms with van der Waals surface area (Å²) in [5.74, 6) is 0.756. The Kier molecular flexibility index (Phi) is 6.96. The monoisotopic (exact) mass is 386 g/mol. The Morgan fingerprint density at radius 3 is 1.39 bits per heavy atom. The lowest BCUT2D eigenvalue weighted by atomic mass is 9.90. The summed E-state index contributed by atoms with van der Waals surface area (Å²) in [6, 6.07) is 31.7. The SMILES string of the molecule is c1ccc(P(c2ccccc2)c2ccc(C3CCCCCCCC3)cc2)cc1. The number of hydrogen-bond donors (Lipinski definition) is 0. The zero-order valence-corrected chi connectivity index (χ0v) is 17.7. The molecule has 3 aromatic carbocycles. The summed E-state index contributed by atoms with van der Waals surface area (Å²) in [5.41, 5.74) is 1.56. The highest BCUT2D eigenvalue weighted by Gasteiger charge is 2.18. The van der Waals surface area contributed by atoms with Crippen molar-refractivity contribution in [3.05, 3.63) is 90.5 Å². The lowest BCUT2D eigenvalue weighted by Gasteiger charge is -2.21. The third-order valence-corrected chi connectivity index (χ3v) is 8.45. The summed E-state index contributed by atoms with van der Waals surface area (Å²) in [5, 5.41) is 4.32. The first kappa shape index (κ1) is 19.4. The van der Waals surface area contributed by atoms with Crippen LogP contribution >= 0.6 is 7.92 Å². The standard InChI is InChI=1S/C27H31P/c1-2-4-8-14-23(13-7-3-1)24-19-21-27(22-20-24)28(25-15-9-5-10-16-25)26-17-11-6-12-18-26/h5-6,9-12,15-23H,1-4,7-8,13-14H2. The second kappa shape index (κ2) is 10.0. The first-order valence-electron chi connectivity index (χ1n) is 10.9. The zero-order valence-electron chi connectivity index (χ0n) is 16.8. The first-order chi connectivity index (χ1) is 13.9. The fraction of sp³-hybridized carbons (Fsp3) is 0.333. The van der Waals surface area contributed by atoms with Crippen molar-refractivity contribution in [3.63, 3.8) is 0 Å². The van der Waals surface area contributed by atoms with Gasteiger partial charge in [0.1, 0.15) is 0 Å². The molecule has 1 aliphatic rings. The van der Waals surface area contributed by atoms with Gasteiger partial charge in [0.2, 0.25) is 0 Å². The van der Waals surface area contributed by atoms with Gasteiger partial charge < -0.3 is 0 Å². The van der Waals surface area contributed by atoms with Gasteiger partial charge in [0, 0.05) is 0 Å². The molecule has 0 amide bonds. The van der Waals surface area contributed by atoms with Crippen LogP contribution in [0.15, 0.2) is 84.9 Å². The van der Waals surface area contributed by atoms with E-state index in [1.54, 1.807) is 5.56 Å². The third-order valence-electron chi connectivity index (χ3n) is 6.01. The fourth-order valence-electron chi connectivity index (χ4n) is 4.46. The summed E-state index contributed by atoms with van der Waals surface area (Å²) in [6.45, 7) is 0. The molecular formula is C27H31P. The van der Waals surface area contributed by atoms with Gasteiger partial charge in [0.25, 0.3) is 0 Å². The second-order valence-electron chi connectivity index (χ2n) is 7.99. The maximum Gasteiger partial charge on any atom is -0.0134 e. The molecule has 1 aliphatic carbocycles. The molecule has 0 nitrogen and oxygen atoms in total. The fourth-order valence-corrected chi connectivity index (χ4v) is 6.75. The van der Waals surface area contributed by atoms with Crippen LogP contribution in [-0.4, -0.2) is 0 Å². The second-order valence-corrected chi connectivity index (χ2v) is 10.2. The van der Waals surface area contributed by atoms with Crippen molar-refractivity contribution in [2.75, 3.05) is 0 Å². The lowest BCUT2D eigenvalue weighted by molar-refractivity contribution is 0.540. The molecule has 0 radical (unpaired) electrons. The predicted octanol–water partition coefficient (Wildman–Crippen LogP) is 6.66. The Labute approximate surface area is 171 Å². The van der Waals surface area contributed by atoms with Crippen molar-refractivity contribution in [2.45, 2.75) is 57.3 Å². The van der Waals surface area contributed by atoms with Crippen LogP contribution in [0.4, 0.5) is 0 Å². The Hall–Kier alpha value is -1.91. The number of rotatable bonds is 4.